The summed E-state index contributed by atoms with van der Waals surface area (Å²) in [5.74, 6) is 1.85. The van der Waals surface area contributed by atoms with Crippen LogP contribution in [0, 0.1) is 17.8 Å². The van der Waals surface area contributed by atoms with E-state index in [0.29, 0.717) is 5.92 Å². The zero-order chi connectivity index (χ0) is 47.5. The second-order valence-electron chi connectivity index (χ2n) is 22.2. The number of hydrogen-bond acceptors (Lipinski definition) is 2. The third-order valence-electron chi connectivity index (χ3n) is 14.9. The van der Waals surface area contributed by atoms with Crippen molar-refractivity contribution in [1.29, 1.82) is 0 Å². The molecule has 0 aliphatic carbocycles. The van der Waals surface area contributed by atoms with Gasteiger partial charge in [-0.1, -0.05) is 284 Å². The Morgan fingerprint density at radius 1 is 0.431 bits per heavy atom. The zero-order valence-corrected chi connectivity index (χ0v) is 46.3. The summed E-state index contributed by atoms with van der Waals surface area (Å²) in [4.78, 5) is 15.2. The maximum atomic E-state index is 13.0. The summed E-state index contributed by atoms with van der Waals surface area (Å²) in [5, 5.41) is 3.25. The number of unbranched alkanes of at least 4 members (excludes halogenated alkanes) is 36. The van der Waals surface area contributed by atoms with Crippen molar-refractivity contribution in [2.45, 2.75) is 336 Å². The summed E-state index contributed by atoms with van der Waals surface area (Å²) in [6.07, 6.45) is 68.5. The monoisotopic (exact) mass is 913 g/mol. The van der Waals surface area contributed by atoms with Gasteiger partial charge in [-0.25, -0.2) is 0 Å². The Morgan fingerprint density at radius 2 is 0.785 bits per heavy atom. The highest BCUT2D eigenvalue weighted by Crippen LogP contribution is 2.29. The Hall–Kier alpha value is -0.830. The van der Waals surface area contributed by atoms with Gasteiger partial charge >= 0.3 is 0 Å². The fraction of sp³-hybridized carbons (Fsp3) is 0.952. The summed E-state index contributed by atoms with van der Waals surface area (Å²) in [5.41, 5.74) is 1.80. The Morgan fingerprint density at radius 3 is 1.17 bits per heavy atom. The van der Waals surface area contributed by atoms with E-state index in [1.807, 2.05) is 0 Å². The van der Waals surface area contributed by atoms with Crippen molar-refractivity contribution >= 4 is 5.91 Å². The summed E-state index contributed by atoms with van der Waals surface area (Å²) < 4.78 is 0. The van der Waals surface area contributed by atoms with Gasteiger partial charge in [-0.2, -0.15) is 0 Å². The SMILES string of the molecule is CCCCCCCCCCCCCCCCCCC(CCCCCCC/C=C(/CCCCCCCCCC)CCCCCCCCCCC)CC(C)CC(C)C(=O)NCCCCN(C)C. The largest absolute Gasteiger partial charge is 0.356 e. The number of amides is 1. The topological polar surface area (TPSA) is 32.3 Å². The van der Waals surface area contributed by atoms with Crippen LogP contribution in [-0.4, -0.2) is 38.0 Å². The van der Waals surface area contributed by atoms with Crippen molar-refractivity contribution in [1.82, 2.24) is 10.2 Å². The number of rotatable bonds is 54. The lowest BCUT2D eigenvalue weighted by Crippen LogP contribution is -2.31. The van der Waals surface area contributed by atoms with Crippen molar-refractivity contribution in [3.05, 3.63) is 11.6 Å². The van der Waals surface area contributed by atoms with E-state index in [-0.39, 0.29) is 11.8 Å². The van der Waals surface area contributed by atoms with Gasteiger partial charge in [0.15, 0.2) is 0 Å². The molecule has 0 spiro atoms. The first-order valence-corrected chi connectivity index (χ1v) is 30.4. The molecular formula is C62H124N2O. The van der Waals surface area contributed by atoms with E-state index in [9.17, 15) is 4.79 Å². The van der Waals surface area contributed by atoms with Crippen LogP contribution >= 0.6 is 0 Å². The minimum absolute atomic E-state index is 0.120. The number of carbonyl (C=O) groups excluding carboxylic acids is 1. The normalized spacial score (nSPS) is 13.5. The molecule has 388 valence electrons. The molecule has 0 heterocycles. The molecule has 0 saturated carbocycles. The first-order chi connectivity index (χ1) is 31.8. The molecule has 0 rings (SSSR count). The van der Waals surface area contributed by atoms with Crippen molar-refractivity contribution in [3.63, 3.8) is 0 Å². The van der Waals surface area contributed by atoms with Crippen LogP contribution in [0.2, 0.25) is 0 Å². The van der Waals surface area contributed by atoms with E-state index in [2.05, 4.69) is 65.0 Å². The van der Waals surface area contributed by atoms with Crippen molar-refractivity contribution in [3.8, 4) is 0 Å². The van der Waals surface area contributed by atoms with E-state index < -0.39 is 0 Å². The van der Waals surface area contributed by atoms with Gasteiger partial charge in [-0.15, -0.1) is 0 Å². The van der Waals surface area contributed by atoms with Crippen LogP contribution in [0.25, 0.3) is 0 Å². The summed E-state index contributed by atoms with van der Waals surface area (Å²) in [7, 11) is 4.25. The molecule has 3 heteroatoms. The Balaban J connectivity index is 4.73. The van der Waals surface area contributed by atoms with Crippen molar-refractivity contribution in [2.24, 2.45) is 17.8 Å². The van der Waals surface area contributed by atoms with Gasteiger partial charge in [0, 0.05) is 12.5 Å². The second kappa shape index (κ2) is 52.5. The average Bonchev–Trinajstić information content (AvgIpc) is 3.29. The number of hydrogen-bond donors (Lipinski definition) is 1. The maximum Gasteiger partial charge on any atom is 0.222 e. The summed E-state index contributed by atoms with van der Waals surface area (Å²) in [6.45, 7) is 13.5. The lowest BCUT2D eigenvalue weighted by molar-refractivity contribution is -0.125. The molecule has 0 aromatic heterocycles. The smallest absolute Gasteiger partial charge is 0.222 e. The minimum atomic E-state index is 0.120. The van der Waals surface area contributed by atoms with Gasteiger partial charge in [0.25, 0.3) is 0 Å². The van der Waals surface area contributed by atoms with Gasteiger partial charge in [-0.05, 0) is 96.7 Å². The third-order valence-corrected chi connectivity index (χ3v) is 14.9. The van der Waals surface area contributed by atoms with E-state index in [1.165, 1.54) is 283 Å². The molecule has 0 fully saturated rings. The highest BCUT2D eigenvalue weighted by molar-refractivity contribution is 5.78. The van der Waals surface area contributed by atoms with Crippen LogP contribution in [0.3, 0.4) is 0 Å². The van der Waals surface area contributed by atoms with Crippen LogP contribution in [-0.2, 0) is 4.79 Å². The van der Waals surface area contributed by atoms with E-state index in [0.717, 1.165) is 38.3 Å². The van der Waals surface area contributed by atoms with Crippen LogP contribution in [0.4, 0.5) is 0 Å². The van der Waals surface area contributed by atoms with E-state index in [4.69, 9.17) is 0 Å². The Labute approximate surface area is 412 Å². The molecule has 0 bridgehead atoms. The predicted octanol–water partition coefficient (Wildman–Crippen LogP) is 20.9. The maximum absolute atomic E-state index is 13.0. The van der Waals surface area contributed by atoms with Gasteiger partial charge in [0.1, 0.15) is 0 Å². The Bertz CT molecular complexity index is 958. The molecule has 3 unspecified atom stereocenters. The number of nitrogens with zero attached hydrogens (tertiary/aromatic N) is 1. The molecule has 0 radical (unpaired) electrons. The molecule has 0 saturated heterocycles. The predicted molar refractivity (Wildman–Crippen MR) is 295 cm³/mol. The lowest BCUT2D eigenvalue weighted by atomic mass is 9.83. The number of nitrogens with one attached hydrogen (secondary N) is 1. The molecular weight excluding hydrogens is 789 g/mol. The van der Waals surface area contributed by atoms with Crippen molar-refractivity contribution in [2.75, 3.05) is 27.2 Å². The molecule has 65 heavy (non-hydrogen) atoms. The molecule has 3 atom stereocenters. The molecule has 0 aliphatic rings. The molecule has 1 N–H and O–H groups in total. The fourth-order valence-corrected chi connectivity index (χ4v) is 10.6. The van der Waals surface area contributed by atoms with Gasteiger partial charge in [0.2, 0.25) is 5.91 Å². The molecule has 0 aromatic carbocycles. The quantitative estimate of drug-likeness (QED) is 0.0487. The summed E-state index contributed by atoms with van der Waals surface area (Å²) >= 11 is 0. The zero-order valence-electron chi connectivity index (χ0n) is 46.3. The molecule has 0 aromatic rings. The highest BCUT2D eigenvalue weighted by Gasteiger charge is 2.19. The van der Waals surface area contributed by atoms with E-state index >= 15 is 0 Å². The average molecular weight is 914 g/mol. The standard InChI is InChI=1S/C62H124N2O/c1-8-11-14-17-20-23-24-25-26-27-28-29-31-34-40-45-52-61(57-58(4)56-59(5)62(65)63-54-47-48-55-64(6)7)53-46-41-36-35-39-44-51-60(49-42-37-32-22-19-16-13-10-3)50-43-38-33-30-21-18-15-12-9-2/h51,58-59,61H,8-50,52-57H2,1-7H3,(H,63,65)/b60-51-. The molecule has 0 aliphatic heterocycles. The second-order valence-corrected chi connectivity index (χ2v) is 22.2. The number of carbonyl (C=O) groups is 1. The van der Waals surface area contributed by atoms with E-state index in [1.54, 1.807) is 5.57 Å². The fourth-order valence-electron chi connectivity index (χ4n) is 10.6. The van der Waals surface area contributed by atoms with Gasteiger partial charge in [-0.3, -0.25) is 4.79 Å². The minimum Gasteiger partial charge on any atom is -0.356 e. The lowest BCUT2D eigenvalue weighted by Gasteiger charge is -2.23. The van der Waals surface area contributed by atoms with Crippen LogP contribution < -0.4 is 5.32 Å². The first-order valence-electron chi connectivity index (χ1n) is 30.4. The van der Waals surface area contributed by atoms with Crippen molar-refractivity contribution < 1.29 is 4.79 Å². The highest BCUT2D eigenvalue weighted by atomic mass is 16.1. The van der Waals surface area contributed by atoms with Gasteiger partial charge < -0.3 is 10.2 Å². The molecule has 3 nitrogen and oxygen atoms in total. The third kappa shape index (κ3) is 49.4. The first kappa shape index (κ1) is 64.2. The summed E-state index contributed by atoms with van der Waals surface area (Å²) in [6, 6.07) is 0. The van der Waals surface area contributed by atoms with Gasteiger partial charge in [0.05, 0.1) is 0 Å². The molecule has 1 amide bonds. The van der Waals surface area contributed by atoms with Crippen LogP contribution in [0.1, 0.15) is 336 Å². The van der Waals surface area contributed by atoms with Crippen LogP contribution in [0.15, 0.2) is 11.6 Å². The van der Waals surface area contributed by atoms with Crippen LogP contribution in [0.5, 0.6) is 0 Å². The Kier molecular flexibility index (Phi) is 51.9. The number of allylic oxidation sites excluding steroid dienone is 2.